The van der Waals surface area contributed by atoms with Crippen LogP contribution in [0.15, 0.2) is 18.2 Å². The van der Waals surface area contributed by atoms with Crippen LogP contribution in [0.5, 0.6) is 0 Å². The molecule has 18 heavy (non-hydrogen) atoms. The molecule has 1 aromatic rings. The average Bonchev–Trinajstić information content (AvgIpc) is 2.69. The largest absolute Gasteiger partial charge is 0.367 e. The maximum Gasteiger partial charge on any atom is 0.270 e. The molecule has 2 atom stereocenters. The van der Waals surface area contributed by atoms with Gasteiger partial charge >= 0.3 is 0 Å². The first kappa shape index (κ1) is 12.4. The van der Waals surface area contributed by atoms with E-state index in [1.54, 1.807) is 6.07 Å². The smallest absolute Gasteiger partial charge is 0.270 e. The number of nitro groups is 1. The molecule has 1 saturated heterocycles. The first-order valence-electron chi connectivity index (χ1n) is 5.99. The van der Waals surface area contributed by atoms with E-state index < -0.39 is 4.92 Å². The van der Waals surface area contributed by atoms with Crippen molar-refractivity contribution in [2.75, 3.05) is 11.4 Å². The molecule has 1 aromatic carbocycles. The highest BCUT2D eigenvalue weighted by Gasteiger charge is 2.29. The van der Waals surface area contributed by atoms with Crippen LogP contribution >= 0.6 is 0 Å². The van der Waals surface area contributed by atoms with E-state index in [4.69, 9.17) is 5.26 Å². The third-order valence-electron chi connectivity index (χ3n) is 3.76. The number of hydrogen-bond donors (Lipinski definition) is 0. The number of hydrogen-bond acceptors (Lipinski definition) is 4. The normalized spacial score (nSPS) is 22.8. The average molecular weight is 245 g/mol. The maximum atomic E-state index is 10.7. The molecule has 0 saturated carbocycles. The van der Waals surface area contributed by atoms with Crippen molar-refractivity contribution in [2.45, 2.75) is 26.3 Å². The molecule has 5 nitrogen and oxygen atoms in total. The second-order valence-electron chi connectivity index (χ2n) is 4.77. The second kappa shape index (κ2) is 4.65. The van der Waals surface area contributed by atoms with E-state index in [9.17, 15) is 10.1 Å². The summed E-state index contributed by atoms with van der Waals surface area (Å²) in [5, 5.41) is 19.8. The minimum absolute atomic E-state index is 0.0322. The SMILES string of the molecule is CC1CCN(c2ccc([N+](=O)[O-])cc2C#N)C1C. The molecule has 0 aliphatic carbocycles. The quantitative estimate of drug-likeness (QED) is 0.593. The Morgan fingerprint density at radius 3 is 2.72 bits per heavy atom. The lowest BCUT2D eigenvalue weighted by Crippen LogP contribution is -2.29. The highest BCUT2D eigenvalue weighted by molar-refractivity contribution is 5.63. The monoisotopic (exact) mass is 245 g/mol. The first-order valence-corrected chi connectivity index (χ1v) is 5.99. The fourth-order valence-corrected chi connectivity index (χ4v) is 2.41. The summed E-state index contributed by atoms with van der Waals surface area (Å²) in [6.45, 7) is 5.21. The number of nitriles is 1. The molecule has 1 fully saturated rings. The molecular weight excluding hydrogens is 230 g/mol. The predicted molar refractivity (Wildman–Crippen MR) is 68.4 cm³/mol. The van der Waals surface area contributed by atoms with Gasteiger partial charge in [0.15, 0.2) is 0 Å². The molecule has 0 aromatic heterocycles. The molecular formula is C13H15N3O2. The van der Waals surface area contributed by atoms with Gasteiger partial charge in [-0.15, -0.1) is 0 Å². The van der Waals surface area contributed by atoms with Gasteiger partial charge < -0.3 is 4.90 Å². The van der Waals surface area contributed by atoms with Crippen molar-refractivity contribution in [2.24, 2.45) is 5.92 Å². The predicted octanol–water partition coefficient (Wildman–Crippen LogP) is 2.70. The van der Waals surface area contributed by atoms with Gasteiger partial charge in [-0.25, -0.2) is 0 Å². The van der Waals surface area contributed by atoms with Crippen molar-refractivity contribution >= 4 is 11.4 Å². The lowest BCUT2D eigenvalue weighted by atomic mass is 10.0. The first-order chi connectivity index (χ1) is 8.54. The van der Waals surface area contributed by atoms with Crippen molar-refractivity contribution < 1.29 is 4.92 Å². The molecule has 0 N–H and O–H groups in total. The lowest BCUT2D eigenvalue weighted by Gasteiger charge is -2.26. The molecule has 0 bridgehead atoms. The second-order valence-corrected chi connectivity index (χ2v) is 4.77. The van der Waals surface area contributed by atoms with Gasteiger partial charge in [-0.3, -0.25) is 10.1 Å². The summed E-state index contributed by atoms with van der Waals surface area (Å²) < 4.78 is 0. The van der Waals surface area contributed by atoms with Gasteiger partial charge in [0.2, 0.25) is 0 Å². The van der Waals surface area contributed by atoms with Crippen molar-refractivity contribution in [3.63, 3.8) is 0 Å². The highest BCUT2D eigenvalue weighted by atomic mass is 16.6. The molecule has 0 amide bonds. The molecule has 1 heterocycles. The van der Waals surface area contributed by atoms with Crippen molar-refractivity contribution in [1.29, 1.82) is 5.26 Å². The minimum Gasteiger partial charge on any atom is -0.367 e. The maximum absolute atomic E-state index is 10.7. The summed E-state index contributed by atoms with van der Waals surface area (Å²) in [4.78, 5) is 12.4. The number of nitro benzene ring substituents is 1. The fourth-order valence-electron chi connectivity index (χ4n) is 2.41. The molecule has 0 spiro atoms. The van der Waals surface area contributed by atoms with Gasteiger partial charge in [-0.05, 0) is 25.3 Å². The zero-order valence-corrected chi connectivity index (χ0v) is 10.5. The number of non-ortho nitro benzene ring substituents is 1. The minimum atomic E-state index is -0.472. The van der Waals surface area contributed by atoms with Crippen molar-refractivity contribution in [1.82, 2.24) is 0 Å². The Kier molecular flexibility index (Phi) is 3.19. The number of rotatable bonds is 2. The van der Waals surface area contributed by atoms with Crippen LogP contribution < -0.4 is 4.90 Å². The van der Waals surface area contributed by atoms with Crippen LogP contribution in [0.4, 0.5) is 11.4 Å². The van der Waals surface area contributed by atoms with Crippen LogP contribution in [0.2, 0.25) is 0 Å². The van der Waals surface area contributed by atoms with Gasteiger partial charge in [0.1, 0.15) is 6.07 Å². The zero-order valence-electron chi connectivity index (χ0n) is 10.5. The van der Waals surface area contributed by atoms with Crippen LogP contribution in [0.25, 0.3) is 0 Å². The highest BCUT2D eigenvalue weighted by Crippen LogP contribution is 2.33. The molecule has 94 valence electrons. The van der Waals surface area contributed by atoms with E-state index in [2.05, 4.69) is 24.8 Å². The summed E-state index contributed by atoms with van der Waals surface area (Å²) in [5.74, 6) is 0.576. The van der Waals surface area contributed by atoms with Crippen LogP contribution in [-0.4, -0.2) is 17.5 Å². The third kappa shape index (κ3) is 2.02. The third-order valence-corrected chi connectivity index (χ3v) is 3.76. The number of benzene rings is 1. The van der Waals surface area contributed by atoms with Crippen LogP contribution in [0.1, 0.15) is 25.8 Å². The number of anilines is 1. The van der Waals surface area contributed by atoms with E-state index in [0.29, 0.717) is 17.5 Å². The fraction of sp³-hybridized carbons (Fsp3) is 0.462. The van der Waals surface area contributed by atoms with Gasteiger partial charge in [-0.2, -0.15) is 5.26 Å². The van der Waals surface area contributed by atoms with E-state index >= 15 is 0 Å². The molecule has 2 unspecified atom stereocenters. The van der Waals surface area contributed by atoms with Gasteiger partial charge in [0, 0.05) is 24.7 Å². The van der Waals surface area contributed by atoms with Gasteiger partial charge in [0.05, 0.1) is 16.2 Å². The molecule has 1 aliphatic heterocycles. The molecule has 0 radical (unpaired) electrons. The molecule has 5 heteroatoms. The number of nitrogens with zero attached hydrogens (tertiary/aromatic N) is 3. The summed E-state index contributed by atoms with van der Waals surface area (Å²) in [7, 11) is 0. The Labute approximate surface area is 106 Å². The summed E-state index contributed by atoms with van der Waals surface area (Å²) in [6.07, 6.45) is 1.09. The molecule has 2 rings (SSSR count). The summed E-state index contributed by atoms with van der Waals surface area (Å²) in [5.41, 5.74) is 1.15. The summed E-state index contributed by atoms with van der Waals surface area (Å²) >= 11 is 0. The Bertz CT molecular complexity index is 521. The Morgan fingerprint density at radius 1 is 1.50 bits per heavy atom. The van der Waals surface area contributed by atoms with Gasteiger partial charge in [-0.1, -0.05) is 6.92 Å². The van der Waals surface area contributed by atoms with Crippen molar-refractivity contribution in [3.05, 3.63) is 33.9 Å². The Hall–Kier alpha value is -2.09. The lowest BCUT2D eigenvalue weighted by molar-refractivity contribution is -0.384. The van der Waals surface area contributed by atoms with Crippen LogP contribution in [0, 0.1) is 27.4 Å². The van der Waals surface area contributed by atoms with E-state index in [1.807, 2.05) is 0 Å². The Balaban J connectivity index is 2.40. The standard InChI is InChI=1S/C13H15N3O2/c1-9-5-6-15(10(9)2)13-4-3-12(16(17)18)7-11(13)8-14/h3-4,7,9-10H,5-6H2,1-2H3. The topological polar surface area (TPSA) is 70.2 Å². The molecule has 1 aliphatic rings. The van der Waals surface area contributed by atoms with Crippen molar-refractivity contribution in [3.8, 4) is 6.07 Å². The van der Waals surface area contributed by atoms with Gasteiger partial charge in [0.25, 0.3) is 5.69 Å². The van der Waals surface area contributed by atoms with E-state index in [1.165, 1.54) is 12.1 Å². The van der Waals surface area contributed by atoms with E-state index in [-0.39, 0.29) is 5.69 Å². The zero-order chi connectivity index (χ0) is 13.3. The van der Waals surface area contributed by atoms with E-state index in [0.717, 1.165) is 18.7 Å². The van der Waals surface area contributed by atoms with Crippen LogP contribution in [-0.2, 0) is 0 Å². The summed E-state index contributed by atoms with van der Waals surface area (Å²) in [6, 6.07) is 6.92. The van der Waals surface area contributed by atoms with Crippen LogP contribution in [0.3, 0.4) is 0 Å². The Morgan fingerprint density at radius 2 is 2.22 bits per heavy atom.